The Hall–Kier alpha value is -1.58. The lowest BCUT2D eigenvalue weighted by molar-refractivity contribution is -0.149. The zero-order valence-electron chi connectivity index (χ0n) is 11.9. The van der Waals surface area contributed by atoms with Gasteiger partial charge in [-0.15, -0.1) is 0 Å². The number of ether oxygens (including phenoxy) is 1. The van der Waals surface area contributed by atoms with E-state index >= 15 is 0 Å². The zero-order chi connectivity index (χ0) is 14.0. The molecule has 2 aliphatic rings. The van der Waals surface area contributed by atoms with Crippen molar-refractivity contribution in [2.45, 2.75) is 44.6 Å². The third-order valence-corrected chi connectivity index (χ3v) is 3.81. The minimum atomic E-state index is -0.553. The first-order valence-corrected chi connectivity index (χ1v) is 6.80. The van der Waals surface area contributed by atoms with Crippen LogP contribution in [0.15, 0.2) is 23.4 Å². The third kappa shape index (κ3) is 2.57. The Morgan fingerprint density at radius 2 is 1.89 bits per heavy atom. The number of ketones is 1. The first kappa shape index (κ1) is 13.8. The fraction of sp³-hybridized carbons (Fsp3) is 0.600. The summed E-state index contributed by atoms with van der Waals surface area (Å²) in [6, 6.07) is 0. The monoisotopic (exact) mass is 263 g/mol. The van der Waals surface area contributed by atoms with Crippen LogP contribution in [0.4, 0.5) is 0 Å². The number of nitrogens with zero attached hydrogens (tertiary/aromatic N) is 1. The summed E-state index contributed by atoms with van der Waals surface area (Å²) in [4.78, 5) is 25.6. The number of Topliss-reactive ketones (excluding diaryl/α,β-unsaturated/α-hetero) is 1. The molecule has 1 spiro atoms. The normalized spacial score (nSPS) is 22.2. The Labute approximate surface area is 114 Å². The number of carbonyl (C=O) groups is 2. The van der Waals surface area contributed by atoms with Crippen LogP contribution in [0.1, 0.15) is 39.0 Å². The molecular weight excluding hydrogens is 242 g/mol. The number of rotatable bonds is 3. The van der Waals surface area contributed by atoms with Crippen LogP contribution in [-0.2, 0) is 14.3 Å². The first-order valence-electron chi connectivity index (χ1n) is 6.80. The summed E-state index contributed by atoms with van der Waals surface area (Å²) in [5, 5.41) is 0. The quantitative estimate of drug-likeness (QED) is 0.578. The fourth-order valence-electron chi connectivity index (χ4n) is 2.91. The van der Waals surface area contributed by atoms with Crippen LogP contribution in [0.2, 0.25) is 0 Å². The molecule has 0 bridgehead atoms. The molecule has 0 radical (unpaired) electrons. The van der Waals surface area contributed by atoms with Gasteiger partial charge in [0.05, 0.1) is 0 Å². The van der Waals surface area contributed by atoms with E-state index in [2.05, 4.69) is 0 Å². The maximum atomic E-state index is 12.0. The highest BCUT2D eigenvalue weighted by Crippen LogP contribution is 2.44. The maximum absolute atomic E-state index is 12.0. The Bertz CT molecular complexity index is 454. The maximum Gasteiger partial charge on any atom is 0.343 e. The van der Waals surface area contributed by atoms with Gasteiger partial charge in [0.2, 0.25) is 0 Å². The van der Waals surface area contributed by atoms with Crippen molar-refractivity contribution in [1.82, 2.24) is 4.90 Å². The van der Waals surface area contributed by atoms with E-state index in [4.69, 9.17) is 4.74 Å². The van der Waals surface area contributed by atoms with Crippen molar-refractivity contribution < 1.29 is 14.3 Å². The van der Waals surface area contributed by atoms with E-state index in [1.54, 1.807) is 0 Å². The van der Waals surface area contributed by atoms with Gasteiger partial charge in [-0.1, -0.05) is 6.42 Å². The smallest absolute Gasteiger partial charge is 0.343 e. The highest BCUT2D eigenvalue weighted by molar-refractivity contribution is 6.19. The number of hydrogen-bond acceptors (Lipinski definition) is 4. The average molecular weight is 263 g/mol. The molecule has 0 aromatic heterocycles. The second kappa shape index (κ2) is 5.19. The Morgan fingerprint density at radius 3 is 2.42 bits per heavy atom. The summed E-state index contributed by atoms with van der Waals surface area (Å²) in [5.74, 6) is -0.654. The van der Waals surface area contributed by atoms with Crippen LogP contribution in [0.5, 0.6) is 0 Å². The summed E-state index contributed by atoms with van der Waals surface area (Å²) in [6.45, 7) is 1.43. The minimum absolute atomic E-state index is 0.203. The molecule has 0 unspecified atom stereocenters. The fourth-order valence-corrected chi connectivity index (χ4v) is 2.91. The third-order valence-electron chi connectivity index (χ3n) is 3.81. The van der Waals surface area contributed by atoms with Crippen molar-refractivity contribution in [3.05, 3.63) is 23.4 Å². The van der Waals surface area contributed by atoms with Gasteiger partial charge in [0.25, 0.3) is 0 Å². The largest absolute Gasteiger partial charge is 0.450 e. The first-order chi connectivity index (χ1) is 8.96. The van der Waals surface area contributed by atoms with Crippen molar-refractivity contribution in [1.29, 1.82) is 0 Å². The van der Waals surface area contributed by atoms with Crippen LogP contribution in [0.3, 0.4) is 0 Å². The predicted octanol–water partition coefficient (Wildman–Crippen LogP) is 2.21. The van der Waals surface area contributed by atoms with E-state index in [0.29, 0.717) is 0 Å². The van der Waals surface area contributed by atoms with Gasteiger partial charge in [0, 0.05) is 19.7 Å². The van der Waals surface area contributed by atoms with Crippen molar-refractivity contribution >= 4 is 11.8 Å². The van der Waals surface area contributed by atoms with Crippen LogP contribution >= 0.6 is 0 Å². The van der Waals surface area contributed by atoms with Crippen molar-refractivity contribution in [2.75, 3.05) is 14.1 Å². The molecule has 1 saturated carbocycles. The van der Waals surface area contributed by atoms with E-state index in [1.807, 2.05) is 31.3 Å². The van der Waals surface area contributed by atoms with Crippen molar-refractivity contribution in [3.63, 3.8) is 0 Å². The molecule has 1 aliphatic carbocycles. The summed E-state index contributed by atoms with van der Waals surface area (Å²) in [6.07, 6.45) is 8.63. The highest BCUT2D eigenvalue weighted by atomic mass is 16.6. The topological polar surface area (TPSA) is 46.6 Å². The summed E-state index contributed by atoms with van der Waals surface area (Å²) in [7, 11) is 3.82. The molecule has 2 rings (SSSR count). The molecule has 0 aromatic carbocycles. The van der Waals surface area contributed by atoms with E-state index in [0.717, 1.165) is 31.3 Å². The lowest BCUT2D eigenvalue weighted by atomic mass is 9.78. The van der Waals surface area contributed by atoms with E-state index < -0.39 is 11.6 Å². The van der Waals surface area contributed by atoms with E-state index in [9.17, 15) is 9.59 Å². The zero-order valence-corrected chi connectivity index (χ0v) is 11.9. The predicted molar refractivity (Wildman–Crippen MR) is 72.4 cm³/mol. The standard InChI is InChI=1S/C15H21NO3/c1-11(17)13-12(7-10-16(2)3)15(19-14(13)18)8-5-4-6-9-15/h7,10H,4-6,8-9H2,1-3H3/b10-7+. The SMILES string of the molecule is CC(=O)C1=C(/C=C/N(C)C)C2(CCCCC2)OC1=O. The van der Waals surface area contributed by atoms with Gasteiger partial charge in [-0.05, 0) is 44.9 Å². The molecule has 4 heteroatoms. The van der Waals surface area contributed by atoms with Crippen LogP contribution < -0.4 is 0 Å². The lowest BCUT2D eigenvalue weighted by Crippen LogP contribution is -2.34. The molecule has 0 N–H and O–H groups in total. The van der Waals surface area contributed by atoms with Gasteiger partial charge in [0.1, 0.15) is 11.2 Å². The van der Waals surface area contributed by atoms with Gasteiger partial charge < -0.3 is 9.64 Å². The van der Waals surface area contributed by atoms with Crippen LogP contribution in [0, 0.1) is 0 Å². The summed E-state index contributed by atoms with van der Waals surface area (Å²) < 4.78 is 5.61. The lowest BCUT2D eigenvalue weighted by Gasteiger charge is -2.33. The number of hydrogen-bond donors (Lipinski definition) is 0. The highest BCUT2D eigenvalue weighted by Gasteiger charge is 2.48. The molecule has 1 aliphatic heterocycles. The molecule has 0 saturated heterocycles. The van der Waals surface area contributed by atoms with Crippen LogP contribution in [-0.4, -0.2) is 36.3 Å². The van der Waals surface area contributed by atoms with Crippen molar-refractivity contribution in [3.8, 4) is 0 Å². The second-order valence-electron chi connectivity index (χ2n) is 5.57. The van der Waals surface area contributed by atoms with Gasteiger partial charge in [-0.25, -0.2) is 4.79 Å². The summed E-state index contributed by atoms with van der Waals surface area (Å²) in [5.41, 5.74) is 0.460. The van der Waals surface area contributed by atoms with Gasteiger partial charge >= 0.3 is 5.97 Å². The van der Waals surface area contributed by atoms with Gasteiger partial charge in [-0.2, -0.15) is 0 Å². The van der Waals surface area contributed by atoms with E-state index in [1.165, 1.54) is 13.3 Å². The number of carbonyl (C=O) groups excluding carboxylic acids is 2. The van der Waals surface area contributed by atoms with Gasteiger partial charge in [-0.3, -0.25) is 4.79 Å². The minimum Gasteiger partial charge on any atom is -0.450 e. The van der Waals surface area contributed by atoms with Crippen molar-refractivity contribution in [2.24, 2.45) is 0 Å². The van der Waals surface area contributed by atoms with E-state index in [-0.39, 0.29) is 11.4 Å². The molecule has 1 fully saturated rings. The second-order valence-corrected chi connectivity index (χ2v) is 5.57. The molecule has 0 atom stereocenters. The molecule has 0 amide bonds. The van der Waals surface area contributed by atoms with Crippen LogP contribution in [0.25, 0.3) is 0 Å². The molecular formula is C15H21NO3. The number of esters is 1. The Morgan fingerprint density at radius 1 is 1.26 bits per heavy atom. The molecule has 19 heavy (non-hydrogen) atoms. The average Bonchev–Trinajstić information content (AvgIpc) is 2.59. The molecule has 1 heterocycles. The van der Waals surface area contributed by atoms with Gasteiger partial charge in [0.15, 0.2) is 5.78 Å². The Kier molecular flexibility index (Phi) is 3.78. The molecule has 104 valence electrons. The molecule has 0 aromatic rings. The summed E-state index contributed by atoms with van der Waals surface area (Å²) >= 11 is 0. The molecule has 4 nitrogen and oxygen atoms in total. The Balaban J connectivity index is 2.45.